The molecule has 0 saturated carbocycles. The first kappa shape index (κ1) is 12.1. The Morgan fingerprint density at radius 1 is 1.27 bits per heavy atom. The summed E-state index contributed by atoms with van der Waals surface area (Å²) >= 11 is 0. The number of ketones is 1. The van der Waals surface area contributed by atoms with Crippen molar-refractivity contribution in [2.75, 3.05) is 33.0 Å². The van der Waals surface area contributed by atoms with Crippen LogP contribution in [0.4, 0.5) is 0 Å². The molecule has 5 heteroatoms. The van der Waals surface area contributed by atoms with E-state index >= 15 is 0 Å². The van der Waals surface area contributed by atoms with Crippen molar-refractivity contribution >= 4 is 11.7 Å². The Hall–Kier alpha value is -0.940. The summed E-state index contributed by atoms with van der Waals surface area (Å²) in [5, 5.41) is 2.79. The van der Waals surface area contributed by atoms with E-state index in [-0.39, 0.29) is 11.7 Å². The van der Waals surface area contributed by atoms with Crippen molar-refractivity contribution in [2.45, 2.75) is 19.8 Å². The van der Waals surface area contributed by atoms with Gasteiger partial charge in [-0.05, 0) is 6.92 Å². The van der Waals surface area contributed by atoms with Crippen molar-refractivity contribution < 1.29 is 14.3 Å². The molecule has 0 aromatic carbocycles. The third-order valence-corrected chi connectivity index (χ3v) is 2.31. The first-order valence-corrected chi connectivity index (χ1v) is 5.24. The van der Waals surface area contributed by atoms with Crippen molar-refractivity contribution in [3.8, 4) is 0 Å². The van der Waals surface area contributed by atoms with E-state index < -0.39 is 0 Å². The maximum absolute atomic E-state index is 11.3. The van der Waals surface area contributed by atoms with Crippen molar-refractivity contribution in [1.82, 2.24) is 10.2 Å². The van der Waals surface area contributed by atoms with Gasteiger partial charge in [-0.3, -0.25) is 9.69 Å². The van der Waals surface area contributed by atoms with Gasteiger partial charge in [-0.25, -0.2) is 0 Å². The summed E-state index contributed by atoms with van der Waals surface area (Å²) in [6.07, 6.45) is 0.620. The van der Waals surface area contributed by atoms with Crippen LogP contribution in [0, 0.1) is 0 Å². The minimum absolute atomic E-state index is 0.0523. The molecule has 0 aromatic rings. The molecule has 1 rings (SSSR count). The van der Waals surface area contributed by atoms with Crippen LogP contribution in [0.25, 0.3) is 0 Å². The molecule has 0 unspecified atom stereocenters. The van der Waals surface area contributed by atoms with Crippen LogP contribution in [-0.2, 0) is 14.3 Å². The number of carbonyl (C=O) groups is 2. The van der Waals surface area contributed by atoms with Crippen molar-refractivity contribution in [3.63, 3.8) is 0 Å². The van der Waals surface area contributed by atoms with E-state index in [1.54, 1.807) is 0 Å². The number of hydrogen-bond acceptors (Lipinski definition) is 4. The van der Waals surface area contributed by atoms with Crippen molar-refractivity contribution in [3.05, 3.63) is 0 Å². The average molecular weight is 214 g/mol. The lowest BCUT2D eigenvalue weighted by Gasteiger charge is -2.26. The van der Waals surface area contributed by atoms with E-state index in [0.29, 0.717) is 19.5 Å². The van der Waals surface area contributed by atoms with Gasteiger partial charge in [0.1, 0.15) is 5.78 Å². The summed E-state index contributed by atoms with van der Waals surface area (Å²) in [6.45, 7) is 5.21. The summed E-state index contributed by atoms with van der Waals surface area (Å²) in [4.78, 5) is 24.0. The number of hydrogen-bond donors (Lipinski definition) is 1. The fourth-order valence-corrected chi connectivity index (χ4v) is 1.34. The van der Waals surface area contributed by atoms with E-state index in [1.165, 1.54) is 6.92 Å². The van der Waals surface area contributed by atoms with Crippen LogP contribution in [0.15, 0.2) is 0 Å². The number of ether oxygens (including phenoxy) is 1. The molecule has 1 N–H and O–H groups in total. The van der Waals surface area contributed by atoms with Gasteiger partial charge in [0.05, 0.1) is 19.9 Å². The number of rotatable bonds is 5. The normalized spacial score (nSPS) is 17.4. The third kappa shape index (κ3) is 5.49. The highest BCUT2D eigenvalue weighted by Crippen LogP contribution is 1.95. The Bertz CT molecular complexity index is 225. The number of nitrogens with one attached hydrogen (secondary N) is 1. The van der Waals surface area contributed by atoms with Crippen LogP contribution < -0.4 is 5.32 Å². The standard InChI is InChI=1S/C10H18N2O3/c1-9(13)2-3-10(14)11-8-12-4-6-15-7-5-12/h2-8H2,1H3,(H,11,14). The quantitative estimate of drug-likeness (QED) is 0.686. The van der Waals surface area contributed by atoms with Crippen LogP contribution in [0.2, 0.25) is 0 Å². The Kier molecular flexibility index (Phi) is 5.28. The molecule has 15 heavy (non-hydrogen) atoms. The molecule has 1 aliphatic heterocycles. The molecule has 0 radical (unpaired) electrons. The predicted octanol–water partition coefficient (Wildman–Crippen LogP) is -0.238. The number of Topliss-reactive ketones (excluding diaryl/α,β-unsaturated/α-hetero) is 1. The zero-order valence-corrected chi connectivity index (χ0v) is 9.12. The van der Waals surface area contributed by atoms with Crippen LogP contribution in [0.3, 0.4) is 0 Å². The lowest BCUT2D eigenvalue weighted by atomic mass is 10.2. The first-order valence-electron chi connectivity index (χ1n) is 5.24. The van der Waals surface area contributed by atoms with Gasteiger partial charge < -0.3 is 14.8 Å². The monoisotopic (exact) mass is 214 g/mol. The molecule has 0 bridgehead atoms. The van der Waals surface area contributed by atoms with Gasteiger partial charge in [0.15, 0.2) is 0 Å². The Morgan fingerprint density at radius 2 is 1.93 bits per heavy atom. The maximum atomic E-state index is 11.3. The van der Waals surface area contributed by atoms with E-state index in [9.17, 15) is 9.59 Å². The van der Waals surface area contributed by atoms with E-state index in [1.807, 2.05) is 0 Å². The minimum atomic E-state index is -0.0586. The molecule has 1 amide bonds. The highest BCUT2D eigenvalue weighted by Gasteiger charge is 2.11. The molecule has 1 saturated heterocycles. The lowest BCUT2D eigenvalue weighted by Crippen LogP contribution is -2.43. The molecule has 0 spiro atoms. The highest BCUT2D eigenvalue weighted by atomic mass is 16.5. The number of carbonyl (C=O) groups excluding carboxylic acids is 2. The summed E-state index contributed by atoms with van der Waals surface area (Å²) in [6, 6.07) is 0. The summed E-state index contributed by atoms with van der Waals surface area (Å²) in [5.74, 6) is -0.00628. The second-order valence-corrected chi connectivity index (χ2v) is 3.69. The molecule has 1 heterocycles. The predicted molar refractivity (Wildman–Crippen MR) is 55.3 cm³/mol. The van der Waals surface area contributed by atoms with Crippen molar-refractivity contribution in [2.24, 2.45) is 0 Å². The van der Waals surface area contributed by atoms with Gasteiger partial charge in [0, 0.05) is 25.9 Å². The van der Waals surface area contributed by atoms with Gasteiger partial charge >= 0.3 is 0 Å². The fraction of sp³-hybridized carbons (Fsp3) is 0.800. The van der Waals surface area contributed by atoms with Crippen LogP contribution >= 0.6 is 0 Å². The molecule has 0 aromatic heterocycles. The number of nitrogens with zero attached hydrogens (tertiary/aromatic N) is 1. The van der Waals surface area contributed by atoms with Gasteiger partial charge in [0.25, 0.3) is 0 Å². The fourth-order valence-electron chi connectivity index (χ4n) is 1.34. The third-order valence-electron chi connectivity index (χ3n) is 2.31. The topological polar surface area (TPSA) is 58.6 Å². The summed E-state index contributed by atoms with van der Waals surface area (Å²) in [7, 11) is 0. The second-order valence-electron chi connectivity index (χ2n) is 3.69. The Morgan fingerprint density at radius 3 is 2.53 bits per heavy atom. The Balaban J connectivity index is 2.07. The largest absolute Gasteiger partial charge is 0.379 e. The smallest absolute Gasteiger partial charge is 0.221 e. The van der Waals surface area contributed by atoms with E-state index in [0.717, 1.165) is 26.3 Å². The average Bonchev–Trinajstić information content (AvgIpc) is 2.25. The van der Waals surface area contributed by atoms with Gasteiger partial charge in [-0.1, -0.05) is 0 Å². The zero-order chi connectivity index (χ0) is 11.1. The molecular weight excluding hydrogens is 196 g/mol. The first-order chi connectivity index (χ1) is 7.18. The number of amides is 1. The van der Waals surface area contributed by atoms with Crippen LogP contribution in [-0.4, -0.2) is 49.6 Å². The van der Waals surface area contributed by atoms with E-state index in [4.69, 9.17) is 4.74 Å². The van der Waals surface area contributed by atoms with Gasteiger partial charge in [0.2, 0.25) is 5.91 Å². The number of morpholine rings is 1. The SMILES string of the molecule is CC(=O)CCC(=O)NCN1CCOCC1. The Labute approximate surface area is 89.8 Å². The van der Waals surface area contributed by atoms with Gasteiger partial charge in [-0.15, -0.1) is 0 Å². The summed E-state index contributed by atoms with van der Waals surface area (Å²) < 4.78 is 5.19. The zero-order valence-electron chi connectivity index (χ0n) is 9.12. The molecular formula is C10H18N2O3. The molecule has 86 valence electrons. The second kappa shape index (κ2) is 6.53. The molecule has 1 aliphatic rings. The van der Waals surface area contributed by atoms with E-state index in [2.05, 4.69) is 10.2 Å². The molecule has 0 aliphatic carbocycles. The van der Waals surface area contributed by atoms with Gasteiger partial charge in [-0.2, -0.15) is 0 Å². The molecule has 1 fully saturated rings. The molecule has 0 atom stereocenters. The van der Waals surface area contributed by atoms with Crippen LogP contribution in [0.5, 0.6) is 0 Å². The maximum Gasteiger partial charge on any atom is 0.221 e. The molecule has 5 nitrogen and oxygen atoms in total. The van der Waals surface area contributed by atoms with Crippen LogP contribution in [0.1, 0.15) is 19.8 Å². The summed E-state index contributed by atoms with van der Waals surface area (Å²) in [5.41, 5.74) is 0. The van der Waals surface area contributed by atoms with Crippen molar-refractivity contribution in [1.29, 1.82) is 0 Å². The minimum Gasteiger partial charge on any atom is -0.379 e. The highest BCUT2D eigenvalue weighted by molar-refractivity contribution is 5.83. The lowest BCUT2D eigenvalue weighted by molar-refractivity contribution is -0.125.